The molecule has 67 valence electrons. The van der Waals surface area contributed by atoms with Gasteiger partial charge in [-0.25, -0.2) is 0 Å². The fraction of sp³-hybridized carbons (Fsp3) is 0.778. The first-order chi connectivity index (χ1) is 5.88. The Labute approximate surface area is 72.7 Å². The zero-order valence-corrected chi connectivity index (χ0v) is 7.16. The lowest BCUT2D eigenvalue weighted by atomic mass is 10.0. The zero-order valence-electron chi connectivity index (χ0n) is 7.16. The number of rotatable bonds is 1. The number of hydrogen-bond donors (Lipinski definition) is 0. The molecule has 2 aliphatic heterocycles. The number of nitrogens with zero attached hydrogens (tertiary/aromatic N) is 1. The highest BCUT2D eigenvalue weighted by atomic mass is 16.5. The third-order valence-corrected chi connectivity index (χ3v) is 2.51. The molecule has 0 N–H and O–H groups in total. The van der Waals surface area contributed by atoms with E-state index in [1.54, 1.807) is 0 Å². The van der Waals surface area contributed by atoms with Crippen LogP contribution in [-0.4, -0.2) is 37.1 Å². The van der Waals surface area contributed by atoms with Crippen LogP contribution in [-0.2, 0) is 9.53 Å². The Hall–Kier alpha value is -0.570. The van der Waals surface area contributed by atoms with Crippen molar-refractivity contribution in [3.8, 4) is 0 Å². The molecule has 0 aliphatic carbocycles. The molecule has 2 fully saturated rings. The lowest BCUT2D eigenvalue weighted by Crippen LogP contribution is -2.46. The van der Waals surface area contributed by atoms with E-state index in [-0.39, 0.29) is 5.92 Å². The molecule has 1 amide bonds. The third-order valence-electron chi connectivity index (χ3n) is 2.51. The van der Waals surface area contributed by atoms with Gasteiger partial charge in [0.05, 0.1) is 19.1 Å². The van der Waals surface area contributed by atoms with E-state index in [0.29, 0.717) is 19.1 Å². The summed E-state index contributed by atoms with van der Waals surface area (Å²) in [5.41, 5.74) is 0. The van der Waals surface area contributed by atoms with Crippen LogP contribution in [0.2, 0.25) is 0 Å². The maximum atomic E-state index is 11.6. The van der Waals surface area contributed by atoms with E-state index in [4.69, 9.17) is 4.74 Å². The summed E-state index contributed by atoms with van der Waals surface area (Å²) in [7, 11) is 0. The van der Waals surface area contributed by atoms with Gasteiger partial charge >= 0.3 is 0 Å². The minimum Gasteiger partial charge on any atom is -0.380 e. The molecule has 3 nitrogen and oxygen atoms in total. The highest BCUT2D eigenvalue weighted by Crippen LogP contribution is 2.16. The van der Waals surface area contributed by atoms with Crippen LogP contribution < -0.4 is 0 Å². The van der Waals surface area contributed by atoms with Crippen molar-refractivity contribution >= 4 is 5.91 Å². The van der Waals surface area contributed by atoms with E-state index in [2.05, 4.69) is 6.42 Å². The molecule has 0 spiro atoms. The van der Waals surface area contributed by atoms with Crippen LogP contribution in [0.5, 0.6) is 0 Å². The van der Waals surface area contributed by atoms with Crippen LogP contribution in [0.25, 0.3) is 0 Å². The average Bonchev–Trinajstić information content (AvgIpc) is 2.03. The molecule has 12 heavy (non-hydrogen) atoms. The van der Waals surface area contributed by atoms with Crippen molar-refractivity contribution in [1.82, 2.24) is 4.90 Å². The average molecular weight is 168 g/mol. The number of ether oxygens (including phenoxy) is 1. The van der Waals surface area contributed by atoms with Gasteiger partial charge in [0, 0.05) is 13.1 Å². The first-order valence-corrected chi connectivity index (χ1v) is 4.56. The molecule has 0 atom stereocenters. The summed E-state index contributed by atoms with van der Waals surface area (Å²) in [6.45, 7) is 3.10. The van der Waals surface area contributed by atoms with Gasteiger partial charge in [0.1, 0.15) is 0 Å². The van der Waals surface area contributed by atoms with Crippen LogP contribution in [0.4, 0.5) is 0 Å². The van der Waals surface area contributed by atoms with Crippen molar-refractivity contribution in [2.45, 2.75) is 12.8 Å². The molecule has 3 heteroatoms. The summed E-state index contributed by atoms with van der Waals surface area (Å²) in [6.07, 6.45) is 4.36. The molecule has 0 bridgehead atoms. The molecule has 0 aromatic carbocycles. The van der Waals surface area contributed by atoms with E-state index < -0.39 is 0 Å². The summed E-state index contributed by atoms with van der Waals surface area (Å²) < 4.78 is 4.99. The number of piperidine rings is 1. The summed E-state index contributed by atoms with van der Waals surface area (Å²) in [5.74, 6) is 0.470. The SMILES string of the molecule is O=C(C1COC1)N1CC[CH]CC1. The highest BCUT2D eigenvalue weighted by Gasteiger charge is 2.30. The smallest absolute Gasteiger partial charge is 0.230 e. The van der Waals surface area contributed by atoms with E-state index in [1.165, 1.54) is 0 Å². The second-order valence-corrected chi connectivity index (χ2v) is 3.43. The van der Waals surface area contributed by atoms with Gasteiger partial charge in [-0.15, -0.1) is 0 Å². The van der Waals surface area contributed by atoms with Crippen LogP contribution in [0.15, 0.2) is 0 Å². The van der Waals surface area contributed by atoms with Gasteiger partial charge in [-0.1, -0.05) is 0 Å². The third kappa shape index (κ3) is 1.46. The van der Waals surface area contributed by atoms with Crippen LogP contribution in [0.3, 0.4) is 0 Å². The summed E-state index contributed by atoms with van der Waals surface area (Å²) in [4.78, 5) is 13.6. The Balaban J connectivity index is 1.84. The maximum Gasteiger partial charge on any atom is 0.230 e. The van der Waals surface area contributed by atoms with Gasteiger partial charge in [0.2, 0.25) is 5.91 Å². The maximum absolute atomic E-state index is 11.6. The number of likely N-dealkylation sites (tertiary alicyclic amines) is 1. The number of hydrogen-bond acceptors (Lipinski definition) is 2. The van der Waals surface area contributed by atoms with Gasteiger partial charge in [-0.2, -0.15) is 0 Å². The Bertz CT molecular complexity index is 171. The van der Waals surface area contributed by atoms with Crippen molar-refractivity contribution in [1.29, 1.82) is 0 Å². The van der Waals surface area contributed by atoms with Crippen molar-refractivity contribution in [2.75, 3.05) is 26.3 Å². The van der Waals surface area contributed by atoms with Gasteiger partial charge in [0.15, 0.2) is 0 Å². The van der Waals surface area contributed by atoms with E-state index >= 15 is 0 Å². The molecule has 1 radical (unpaired) electrons. The van der Waals surface area contributed by atoms with E-state index in [0.717, 1.165) is 25.9 Å². The molecule has 2 rings (SSSR count). The quantitative estimate of drug-likeness (QED) is 0.569. The first-order valence-electron chi connectivity index (χ1n) is 4.56. The summed E-state index contributed by atoms with van der Waals surface area (Å²) >= 11 is 0. The van der Waals surface area contributed by atoms with E-state index in [1.807, 2.05) is 4.90 Å². The van der Waals surface area contributed by atoms with Crippen LogP contribution >= 0.6 is 0 Å². The first kappa shape index (κ1) is 8.05. The monoisotopic (exact) mass is 168 g/mol. The van der Waals surface area contributed by atoms with Crippen LogP contribution in [0.1, 0.15) is 12.8 Å². The van der Waals surface area contributed by atoms with Gasteiger partial charge in [-0.3, -0.25) is 4.79 Å². The number of amides is 1. The second kappa shape index (κ2) is 3.44. The lowest BCUT2D eigenvalue weighted by Gasteiger charge is -2.33. The molecule has 2 aliphatic rings. The van der Waals surface area contributed by atoms with Crippen molar-refractivity contribution in [3.63, 3.8) is 0 Å². The fourth-order valence-electron chi connectivity index (χ4n) is 1.61. The molecule has 0 saturated carbocycles. The molecular weight excluding hydrogens is 154 g/mol. The predicted molar refractivity (Wildman–Crippen MR) is 44.4 cm³/mol. The van der Waals surface area contributed by atoms with Gasteiger partial charge in [0.25, 0.3) is 0 Å². The minimum atomic E-state index is 0.170. The molecule has 0 unspecified atom stereocenters. The van der Waals surface area contributed by atoms with Gasteiger partial charge in [-0.05, 0) is 19.3 Å². The molecule has 0 aromatic heterocycles. The molecular formula is C9H14NO2. The van der Waals surface area contributed by atoms with Crippen molar-refractivity contribution in [2.24, 2.45) is 5.92 Å². The zero-order chi connectivity index (χ0) is 8.39. The minimum absolute atomic E-state index is 0.170. The van der Waals surface area contributed by atoms with Gasteiger partial charge < -0.3 is 9.64 Å². The Morgan fingerprint density at radius 1 is 1.33 bits per heavy atom. The molecule has 2 heterocycles. The standard InChI is InChI=1S/C9H14NO2/c11-9(8-6-12-7-8)10-4-2-1-3-5-10/h1,8H,2-7H2. The van der Waals surface area contributed by atoms with Crippen molar-refractivity contribution in [3.05, 3.63) is 6.42 Å². The summed E-state index contributed by atoms with van der Waals surface area (Å²) in [5, 5.41) is 0. The highest BCUT2D eigenvalue weighted by molar-refractivity contribution is 5.79. The summed E-state index contributed by atoms with van der Waals surface area (Å²) in [6, 6.07) is 0. The normalized spacial score (nSPS) is 25.2. The Morgan fingerprint density at radius 2 is 2.00 bits per heavy atom. The lowest BCUT2D eigenvalue weighted by molar-refractivity contribution is -0.150. The second-order valence-electron chi connectivity index (χ2n) is 3.43. The Kier molecular flexibility index (Phi) is 2.30. The number of carbonyl (C=O) groups excluding carboxylic acids is 1. The largest absolute Gasteiger partial charge is 0.380 e. The number of carbonyl (C=O) groups is 1. The molecule has 2 saturated heterocycles. The predicted octanol–water partition coefficient (Wildman–Crippen LogP) is 0.459. The van der Waals surface area contributed by atoms with Crippen LogP contribution in [0, 0.1) is 12.3 Å². The molecule has 0 aromatic rings. The topological polar surface area (TPSA) is 29.5 Å². The fourth-order valence-corrected chi connectivity index (χ4v) is 1.61. The van der Waals surface area contributed by atoms with E-state index in [9.17, 15) is 4.79 Å². The van der Waals surface area contributed by atoms with Crippen molar-refractivity contribution < 1.29 is 9.53 Å². The Morgan fingerprint density at radius 3 is 2.50 bits per heavy atom.